The highest BCUT2D eigenvalue weighted by Gasteiger charge is 1.96. The number of hydrogen-bond donors (Lipinski definition) is 0. The summed E-state index contributed by atoms with van der Waals surface area (Å²) in [5.41, 5.74) is 0.171. The molecule has 58 valence electrons. The Labute approximate surface area is 62.0 Å². The number of benzene rings is 1. The van der Waals surface area contributed by atoms with Crippen LogP contribution >= 0.6 is 0 Å². The molecule has 0 aliphatic heterocycles. The van der Waals surface area contributed by atoms with Crippen molar-refractivity contribution in [1.82, 2.24) is 0 Å². The summed E-state index contributed by atoms with van der Waals surface area (Å²) >= 11 is 0. The van der Waals surface area contributed by atoms with Crippen LogP contribution in [0.25, 0.3) is 6.08 Å². The van der Waals surface area contributed by atoms with Crippen molar-refractivity contribution in [1.29, 1.82) is 0 Å². The van der Waals surface area contributed by atoms with Gasteiger partial charge in [0.1, 0.15) is 11.6 Å². The average Bonchev–Trinajstić information content (AvgIpc) is 1.85. The van der Waals surface area contributed by atoms with E-state index < -0.39 is 11.6 Å². The first-order valence-corrected chi connectivity index (χ1v) is 2.95. The van der Waals surface area contributed by atoms with Gasteiger partial charge in [-0.1, -0.05) is 0 Å². The topological polar surface area (TPSA) is 0 Å². The van der Waals surface area contributed by atoms with Crippen LogP contribution in [0.5, 0.6) is 0 Å². The van der Waals surface area contributed by atoms with Crippen molar-refractivity contribution in [2.75, 3.05) is 0 Å². The van der Waals surface area contributed by atoms with Gasteiger partial charge in [-0.25, -0.2) is 13.2 Å². The average molecular weight is 158 g/mol. The Balaban J connectivity index is 3.08. The molecule has 0 aliphatic carbocycles. The van der Waals surface area contributed by atoms with E-state index in [0.29, 0.717) is 0 Å². The fraction of sp³-hybridized carbons (Fsp3) is 0. The van der Waals surface area contributed by atoms with Crippen LogP contribution in [0.2, 0.25) is 0 Å². The molecule has 1 rings (SSSR count). The Morgan fingerprint density at radius 2 is 1.55 bits per heavy atom. The summed E-state index contributed by atoms with van der Waals surface area (Å²) in [6.45, 7) is 0. The molecule has 0 saturated carbocycles. The molecule has 1 aromatic rings. The third kappa shape index (κ3) is 2.11. The van der Waals surface area contributed by atoms with Crippen LogP contribution in [0.3, 0.4) is 0 Å². The normalized spacial score (nSPS) is 10.8. The van der Waals surface area contributed by atoms with Crippen LogP contribution < -0.4 is 0 Å². The summed E-state index contributed by atoms with van der Waals surface area (Å²) < 4.78 is 36.2. The van der Waals surface area contributed by atoms with Gasteiger partial charge in [0.05, 0.1) is 6.33 Å². The van der Waals surface area contributed by atoms with Gasteiger partial charge in [0.2, 0.25) is 0 Å². The van der Waals surface area contributed by atoms with Crippen LogP contribution in [0, 0.1) is 11.6 Å². The van der Waals surface area contributed by atoms with Crippen LogP contribution in [-0.2, 0) is 0 Å². The first kappa shape index (κ1) is 7.85. The molecule has 0 radical (unpaired) electrons. The third-order valence-electron chi connectivity index (χ3n) is 1.14. The Morgan fingerprint density at radius 1 is 1.00 bits per heavy atom. The molecule has 0 spiro atoms. The summed E-state index contributed by atoms with van der Waals surface area (Å²) in [7, 11) is 0. The zero-order valence-corrected chi connectivity index (χ0v) is 5.52. The maximum atomic E-state index is 12.4. The second-order valence-corrected chi connectivity index (χ2v) is 2.00. The van der Waals surface area contributed by atoms with Gasteiger partial charge in [0, 0.05) is 6.07 Å². The lowest BCUT2D eigenvalue weighted by Gasteiger charge is -1.92. The fourth-order valence-electron chi connectivity index (χ4n) is 0.744. The van der Waals surface area contributed by atoms with E-state index in [-0.39, 0.29) is 11.9 Å². The molecule has 0 fully saturated rings. The van der Waals surface area contributed by atoms with Crippen molar-refractivity contribution in [2.45, 2.75) is 0 Å². The van der Waals surface area contributed by atoms with E-state index in [4.69, 9.17) is 0 Å². The molecule has 1 aromatic carbocycles. The molecule has 0 N–H and O–H groups in total. The predicted molar refractivity (Wildman–Crippen MR) is 36.5 cm³/mol. The van der Waals surface area contributed by atoms with E-state index in [1.165, 1.54) is 0 Å². The maximum Gasteiger partial charge on any atom is 0.126 e. The van der Waals surface area contributed by atoms with Gasteiger partial charge in [-0.05, 0) is 23.8 Å². The first-order valence-electron chi connectivity index (χ1n) is 2.95. The summed E-state index contributed by atoms with van der Waals surface area (Å²) in [6, 6.07) is 2.81. The zero-order valence-electron chi connectivity index (χ0n) is 5.52. The van der Waals surface area contributed by atoms with E-state index in [0.717, 1.165) is 24.3 Å². The van der Waals surface area contributed by atoms with Crippen LogP contribution in [0.4, 0.5) is 13.2 Å². The van der Waals surface area contributed by atoms with Gasteiger partial charge in [-0.2, -0.15) is 0 Å². The molecule has 0 aromatic heterocycles. The van der Waals surface area contributed by atoms with Crippen LogP contribution in [0.1, 0.15) is 5.56 Å². The largest absolute Gasteiger partial charge is 0.216 e. The highest BCUT2D eigenvalue weighted by Crippen LogP contribution is 2.09. The highest BCUT2D eigenvalue weighted by atomic mass is 19.1. The molecule has 0 amide bonds. The highest BCUT2D eigenvalue weighted by molar-refractivity contribution is 5.47. The lowest BCUT2D eigenvalue weighted by Crippen LogP contribution is -1.80. The van der Waals surface area contributed by atoms with E-state index in [1.54, 1.807) is 0 Å². The number of rotatable bonds is 1. The lowest BCUT2D eigenvalue weighted by atomic mass is 10.2. The minimum Gasteiger partial charge on any atom is -0.216 e. The quantitative estimate of drug-likeness (QED) is 0.589. The smallest absolute Gasteiger partial charge is 0.126 e. The summed E-state index contributed by atoms with van der Waals surface area (Å²) in [6.07, 6.45) is 1.21. The summed E-state index contributed by atoms with van der Waals surface area (Å²) in [4.78, 5) is 0. The van der Waals surface area contributed by atoms with Crippen LogP contribution in [0.15, 0.2) is 24.5 Å². The molecule has 0 bridgehead atoms. The van der Waals surface area contributed by atoms with E-state index in [2.05, 4.69) is 0 Å². The molecule has 0 nitrogen and oxygen atoms in total. The van der Waals surface area contributed by atoms with Gasteiger partial charge in [0.25, 0.3) is 0 Å². The number of halogens is 3. The maximum absolute atomic E-state index is 12.4. The second kappa shape index (κ2) is 3.23. The van der Waals surface area contributed by atoms with Crippen LogP contribution in [-0.4, -0.2) is 0 Å². The Bertz CT molecular complexity index is 258. The van der Waals surface area contributed by atoms with E-state index in [1.807, 2.05) is 0 Å². The van der Waals surface area contributed by atoms with E-state index in [9.17, 15) is 13.2 Å². The lowest BCUT2D eigenvalue weighted by molar-refractivity contribution is 0.582. The minimum atomic E-state index is -0.710. The van der Waals surface area contributed by atoms with Gasteiger partial charge in [-0.3, -0.25) is 0 Å². The Morgan fingerprint density at radius 3 is 2.00 bits per heavy atom. The molecule has 0 heterocycles. The zero-order chi connectivity index (χ0) is 8.27. The Hall–Kier alpha value is -1.25. The van der Waals surface area contributed by atoms with Gasteiger partial charge in [0.15, 0.2) is 0 Å². The molecular weight excluding hydrogens is 153 g/mol. The van der Waals surface area contributed by atoms with E-state index >= 15 is 0 Å². The van der Waals surface area contributed by atoms with Crippen molar-refractivity contribution in [2.24, 2.45) is 0 Å². The van der Waals surface area contributed by atoms with Crippen molar-refractivity contribution in [3.8, 4) is 0 Å². The molecular formula is C8H5F3. The second-order valence-electron chi connectivity index (χ2n) is 2.00. The molecule has 0 unspecified atom stereocenters. The van der Waals surface area contributed by atoms with Gasteiger partial charge in [-0.15, -0.1) is 0 Å². The van der Waals surface area contributed by atoms with Gasteiger partial charge >= 0.3 is 0 Å². The van der Waals surface area contributed by atoms with Crippen molar-refractivity contribution >= 4 is 6.08 Å². The standard InChI is InChI=1S/C8H5F3/c9-2-1-6-3-7(10)5-8(11)4-6/h1-5H. The fourth-order valence-corrected chi connectivity index (χ4v) is 0.744. The monoisotopic (exact) mass is 158 g/mol. The SMILES string of the molecule is FC=Cc1cc(F)cc(F)c1. The predicted octanol–water partition coefficient (Wildman–Crippen LogP) is 2.91. The van der Waals surface area contributed by atoms with Crippen molar-refractivity contribution < 1.29 is 13.2 Å². The number of hydrogen-bond acceptors (Lipinski definition) is 0. The minimum absolute atomic E-state index is 0.171. The summed E-state index contributed by atoms with van der Waals surface area (Å²) in [5.74, 6) is -1.42. The first-order chi connectivity index (χ1) is 5.22. The molecule has 0 aliphatic rings. The molecule has 0 saturated heterocycles. The van der Waals surface area contributed by atoms with Crippen molar-refractivity contribution in [3.63, 3.8) is 0 Å². The molecule has 11 heavy (non-hydrogen) atoms. The Kier molecular flexibility index (Phi) is 2.31. The third-order valence-corrected chi connectivity index (χ3v) is 1.14. The summed E-state index contributed by atoms with van der Waals surface area (Å²) in [5, 5.41) is 0. The van der Waals surface area contributed by atoms with Crippen molar-refractivity contribution in [3.05, 3.63) is 41.7 Å². The van der Waals surface area contributed by atoms with Gasteiger partial charge < -0.3 is 0 Å². The molecule has 3 heteroatoms. The molecule has 0 atom stereocenters.